The van der Waals surface area contributed by atoms with E-state index >= 15 is 0 Å². The first-order chi connectivity index (χ1) is 5.33. The predicted octanol–water partition coefficient (Wildman–Crippen LogP) is 0.500. The van der Waals surface area contributed by atoms with E-state index in [1.807, 2.05) is 6.20 Å². The molecule has 0 unspecified atom stereocenters. The van der Waals surface area contributed by atoms with E-state index < -0.39 is 0 Å². The van der Waals surface area contributed by atoms with Gasteiger partial charge in [-0.3, -0.25) is 0 Å². The quantitative estimate of drug-likeness (QED) is 0.649. The molecule has 0 radical (unpaired) electrons. The lowest BCUT2D eigenvalue weighted by Crippen LogP contribution is -2.21. The van der Waals surface area contributed by atoms with Crippen molar-refractivity contribution in [2.24, 2.45) is 5.73 Å². The van der Waals surface area contributed by atoms with E-state index in [0.717, 1.165) is 18.1 Å². The van der Waals surface area contributed by atoms with Gasteiger partial charge in [-0.25, -0.2) is 4.98 Å². The van der Waals surface area contributed by atoms with Gasteiger partial charge in [-0.05, 0) is 6.92 Å². The van der Waals surface area contributed by atoms with Crippen molar-refractivity contribution in [3.8, 4) is 0 Å². The fourth-order valence-corrected chi connectivity index (χ4v) is 1.54. The molecule has 1 rings (SSSR count). The lowest BCUT2D eigenvalue weighted by atomic mass is 10.6. The van der Waals surface area contributed by atoms with Crippen LogP contribution < -0.4 is 11.1 Å². The van der Waals surface area contributed by atoms with Gasteiger partial charge in [-0.15, -0.1) is 11.3 Å². The summed E-state index contributed by atoms with van der Waals surface area (Å²) in [7, 11) is 0. The molecular weight excluding hydrogens is 158 g/mol. The molecule has 0 saturated heterocycles. The van der Waals surface area contributed by atoms with Crippen LogP contribution in [0.4, 0.5) is 0 Å². The molecule has 0 amide bonds. The Bertz CT molecular complexity index is 209. The van der Waals surface area contributed by atoms with E-state index in [1.165, 1.54) is 4.88 Å². The number of hydrogen-bond donors (Lipinski definition) is 2. The number of aryl methyl sites for hydroxylation is 1. The molecule has 11 heavy (non-hydrogen) atoms. The van der Waals surface area contributed by atoms with Gasteiger partial charge in [0.15, 0.2) is 0 Å². The molecule has 3 N–H and O–H groups in total. The summed E-state index contributed by atoms with van der Waals surface area (Å²) < 4.78 is 0. The molecule has 0 bridgehead atoms. The van der Waals surface area contributed by atoms with Crippen LogP contribution in [0.2, 0.25) is 0 Å². The third kappa shape index (κ3) is 2.96. The monoisotopic (exact) mass is 171 g/mol. The van der Waals surface area contributed by atoms with Gasteiger partial charge in [0.2, 0.25) is 0 Å². The summed E-state index contributed by atoms with van der Waals surface area (Å²) in [5.41, 5.74) is 5.32. The summed E-state index contributed by atoms with van der Waals surface area (Å²) in [6, 6.07) is 0. The van der Waals surface area contributed by atoms with Gasteiger partial charge in [-0.2, -0.15) is 0 Å². The molecule has 0 atom stereocenters. The van der Waals surface area contributed by atoms with E-state index in [4.69, 9.17) is 5.73 Å². The molecule has 62 valence electrons. The molecule has 4 heteroatoms. The van der Waals surface area contributed by atoms with Crippen molar-refractivity contribution in [3.05, 3.63) is 16.1 Å². The first-order valence-corrected chi connectivity index (χ1v) is 4.46. The molecule has 0 aromatic carbocycles. The minimum Gasteiger partial charge on any atom is -0.329 e. The van der Waals surface area contributed by atoms with E-state index in [1.54, 1.807) is 11.3 Å². The minimum atomic E-state index is 0.685. The normalized spacial score (nSPS) is 10.4. The molecule has 3 nitrogen and oxygen atoms in total. The van der Waals surface area contributed by atoms with Crippen LogP contribution in [0.1, 0.15) is 9.88 Å². The number of thiazole rings is 1. The SMILES string of the molecule is Cc1cnc(CNCCN)s1. The second-order valence-electron chi connectivity index (χ2n) is 2.33. The highest BCUT2D eigenvalue weighted by Crippen LogP contribution is 2.09. The topological polar surface area (TPSA) is 50.9 Å². The second-order valence-corrected chi connectivity index (χ2v) is 3.65. The molecular formula is C7H13N3S. The van der Waals surface area contributed by atoms with Crippen molar-refractivity contribution in [3.63, 3.8) is 0 Å². The van der Waals surface area contributed by atoms with Crippen LogP contribution in [-0.2, 0) is 6.54 Å². The zero-order chi connectivity index (χ0) is 8.10. The largest absolute Gasteiger partial charge is 0.329 e. The Morgan fingerprint density at radius 3 is 3.09 bits per heavy atom. The van der Waals surface area contributed by atoms with Crippen LogP contribution in [0.3, 0.4) is 0 Å². The van der Waals surface area contributed by atoms with Crippen molar-refractivity contribution in [1.29, 1.82) is 0 Å². The molecule has 1 aromatic rings. The van der Waals surface area contributed by atoms with Gasteiger partial charge in [-0.1, -0.05) is 0 Å². The number of nitrogens with two attached hydrogens (primary N) is 1. The van der Waals surface area contributed by atoms with Gasteiger partial charge in [0, 0.05) is 30.7 Å². The number of nitrogens with one attached hydrogen (secondary N) is 1. The Hall–Kier alpha value is -0.450. The summed E-state index contributed by atoms with van der Waals surface area (Å²) in [6.07, 6.45) is 1.89. The highest BCUT2D eigenvalue weighted by molar-refractivity contribution is 7.11. The van der Waals surface area contributed by atoms with E-state index in [-0.39, 0.29) is 0 Å². The second kappa shape index (κ2) is 4.43. The number of rotatable bonds is 4. The Kier molecular flexibility index (Phi) is 3.48. The maximum absolute atomic E-state index is 5.32. The summed E-state index contributed by atoms with van der Waals surface area (Å²) in [6.45, 7) is 4.45. The van der Waals surface area contributed by atoms with Gasteiger partial charge in [0.1, 0.15) is 5.01 Å². The smallest absolute Gasteiger partial charge is 0.107 e. The number of aromatic nitrogens is 1. The van der Waals surface area contributed by atoms with Crippen LogP contribution in [0.15, 0.2) is 6.20 Å². The number of nitrogens with zero attached hydrogens (tertiary/aromatic N) is 1. The first-order valence-electron chi connectivity index (χ1n) is 3.65. The van der Waals surface area contributed by atoms with Crippen molar-refractivity contribution in [1.82, 2.24) is 10.3 Å². The molecule has 1 heterocycles. The van der Waals surface area contributed by atoms with Gasteiger partial charge >= 0.3 is 0 Å². The maximum Gasteiger partial charge on any atom is 0.107 e. The standard InChI is InChI=1S/C7H13N3S/c1-6-4-10-7(11-6)5-9-3-2-8/h4,9H,2-3,5,8H2,1H3. The number of hydrogen-bond acceptors (Lipinski definition) is 4. The Morgan fingerprint density at radius 2 is 2.55 bits per heavy atom. The van der Waals surface area contributed by atoms with Crippen LogP contribution in [0, 0.1) is 6.92 Å². The predicted molar refractivity (Wildman–Crippen MR) is 47.6 cm³/mol. The first kappa shape index (κ1) is 8.64. The van der Waals surface area contributed by atoms with Crippen molar-refractivity contribution >= 4 is 11.3 Å². The average molecular weight is 171 g/mol. The lowest BCUT2D eigenvalue weighted by molar-refractivity contribution is 0.692. The summed E-state index contributed by atoms with van der Waals surface area (Å²) in [4.78, 5) is 5.46. The third-order valence-corrected chi connectivity index (χ3v) is 2.18. The zero-order valence-corrected chi connectivity index (χ0v) is 7.45. The van der Waals surface area contributed by atoms with Crippen LogP contribution in [0.25, 0.3) is 0 Å². The zero-order valence-electron chi connectivity index (χ0n) is 6.63. The van der Waals surface area contributed by atoms with Gasteiger partial charge < -0.3 is 11.1 Å². The van der Waals surface area contributed by atoms with Gasteiger partial charge in [0.05, 0.1) is 0 Å². The molecule has 0 aliphatic carbocycles. The highest BCUT2D eigenvalue weighted by Gasteiger charge is 1.95. The van der Waals surface area contributed by atoms with Crippen molar-refractivity contribution in [2.45, 2.75) is 13.5 Å². The average Bonchev–Trinajstić information content (AvgIpc) is 2.37. The Morgan fingerprint density at radius 1 is 1.73 bits per heavy atom. The highest BCUT2D eigenvalue weighted by atomic mass is 32.1. The minimum absolute atomic E-state index is 0.685. The molecule has 0 saturated carbocycles. The van der Waals surface area contributed by atoms with E-state index in [2.05, 4.69) is 17.2 Å². The molecule has 0 fully saturated rings. The van der Waals surface area contributed by atoms with Crippen molar-refractivity contribution in [2.75, 3.05) is 13.1 Å². The van der Waals surface area contributed by atoms with E-state index in [9.17, 15) is 0 Å². The van der Waals surface area contributed by atoms with Crippen LogP contribution in [-0.4, -0.2) is 18.1 Å². The summed E-state index contributed by atoms with van der Waals surface area (Å²) >= 11 is 1.72. The maximum atomic E-state index is 5.32. The molecule has 0 spiro atoms. The van der Waals surface area contributed by atoms with Crippen molar-refractivity contribution < 1.29 is 0 Å². The summed E-state index contributed by atoms with van der Waals surface area (Å²) in [5, 5.41) is 4.32. The molecule has 0 aliphatic heterocycles. The fourth-order valence-electron chi connectivity index (χ4n) is 0.781. The van der Waals surface area contributed by atoms with Gasteiger partial charge in [0.25, 0.3) is 0 Å². The Labute approximate surface area is 70.6 Å². The molecule has 0 aliphatic rings. The van der Waals surface area contributed by atoms with E-state index in [0.29, 0.717) is 6.54 Å². The lowest BCUT2D eigenvalue weighted by Gasteiger charge is -1.97. The fraction of sp³-hybridized carbons (Fsp3) is 0.571. The third-order valence-electron chi connectivity index (χ3n) is 1.27. The van der Waals surface area contributed by atoms with Crippen LogP contribution >= 0.6 is 11.3 Å². The van der Waals surface area contributed by atoms with Crippen LogP contribution in [0.5, 0.6) is 0 Å². The molecule has 1 aromatic heterocycles. The Balaban J connectivity index is 2.27. The summed E-state index contributed by atoms with van der Waals surface area (Å²) in [5.74, 6) is 0.